The van der Waals surface area contributed by atoms with Crippen molar-refractivity contribution in [2.45, 2.75) is 84.2 Å². The van der Waals surface area contributed by atoms with E-state index in [1.165, 1.54) is 77.5 Å². The molecule has 0 radical (unpaired) electrons. The summed E-state index contributed by atoms with van der Waals surface area (Å²) >= 11 is 0. The number of rotatable bonds is 2. The lowest BCUT2D eigenvalue weighted by molar-refractivity contribution is 0.0357. The molecule has 2 heteroatoms. The van der Waals surface area contributed by atoms with Gasteiger partial charge in [-0.25, -0.2) is 0 Å². The molecule has 0 aromatic carbocycles. The van der Waals surface area contributed by atoms with E-state index in [2.05, 4.69) is 30.6 Å². The highest BCUT2D eigenvalue weighted by Crippen LogP contribution is 2.52. The van der Waals surface area contributed by atoms with Gasteiger partial charge in [-0.15, -0.1) is 0 Å². The first-order valence-corrected chi connectivity index (χ1v) is 9.92. The summed E-state index contributed by atoms with van der Waals surface area (Å²) in [5, 5.41) is 0. The van der Waals surface area contributed by atoms with Gasteiger partial charge >= 0.3 is 0 Å². The largest absolute Gasteiger partial charge is 0.300 e. The molecule has 126 valence electrons. The molecule has 0 aromatic heterocycles. The van der Waals surface area contributed by atoms with Gasteiger partial charge in [0.25, 0.3) is 0 Å². The standard InChI is InChI=1S/C20H36N2/c1-19(2)11-17-12-20(3,14-19)15-22(17)13-16-7-6-10-21-9-5-4-8-18(16)21/h16-18H,4-15H2,1-3H3. The lowest BCUT2D eigenvalue weighted by atomic mass is 9.65. The average Bonchev–Trinajstić information content (AvgIpc) is 2.68. The van der Waals surface area contributed by atoms with E-state index >= 15 is 0 Å². The number of piperidine rings is 2. The van der Waals surface area contributed by atoms with Gasteiger partial charge in [0, 0.05) is 25.2 Å². The van der Waals surface area contributed by atoms with Crippen LogP contribution in [-0.2, 0) is 0 Å². The average molecular weight is 305 g/mol. The van der Waals surface area contributed by atoms with E-state index in [0.29, 0.717) is 10.8 Å². The summed E-state index contributed by atoms with van der Waals surface area (Å²) in [6.07, 6.45) is 11.7. The Kier molecular flexibility index (Phi) is 3.85. The molecule has 4 unspecified atom stereocenters. The van der Waals surface area contributed by atoms with Crippen LogP contribution in [-0.4, -0.2) is 48.1 Å². The first-order chi connectivity index (χ1) is 10.4. The summed E-state index contributed by atoms with van der Waals surface area (Å²) in [7, 11) is 0. The van der Waals surface area contributed by atoms with Crippen molar-refractivity contribution in [3.05, 3.63) is 0 Å². The van der Waals surface area contributed by atoms with Crippen LogP contribution in [0.25, 0.3) is 0 Å². The maximum absolute atomic E-state index is 2.93. The molecular weight excluding hydrogens is 268 g/mol. The van der Waals surface area contributed by atoms with Gasteiger partial charge in [0.15, 0.2) is 0 Å². The molecule has 0 spiro atoms. The third-order valence-corrected chi connectivity index (χ3v) is 7.22. The van der Waals surface area contributed by atoms with Gasteiger partial charge in [-0.3, -0.25) is 4.90 Å². The molecule has 3 saturated heterocycles. The second kappa shape index (κ2) is 5.48. The van der Waals surface area contributed by atoms with E-state index in [4.69, 9.17) is 0 Å². The van der Waals surface area contributed by atoms with Crippen molar-refractivity contribution in [1.29, 1.82) is 0 Å². The zero-order chi connectivity index (χ0) is 15.4. The Labute approximate surface area is 137 Å². The Balaban J connectivity index is 1.45. The molecule has 3 aliphatic heterocycles. The first kappa shape index (κ1) is 15.4. The molecule has 4 fully saturated rings. The second-order valence-electron chi connectivity index (χ2n) is 10.1. The Bertz CT molecular complexity index is 416. The van der Waals surface area contributed by atoms with Gasteiger partial charge in [-0.05, 0) is 74.8 Å². The van der Waals surface area contributed by atoms with Crippen LogP contribution in [0.1, 0.15) is 72.1 Å². The van der Waals surface area contributed by atoms with Crippen molar-refractivity contribution in [2.75, 3.05) is 26.2 Å². The molecule has 0 amide bonds. The molecule has 2 nitrogen and oxygen atoms in total. The van der Waals surface area contributed by atoms with Crippen molar-refractivity contribution in [1.82, 2.24) is 9.80 Å². The lowest BCUT2D eigenvalue weighted by Crippen LogP contribution is -2.51. The fraction of sp³-hybridized carbons (Fsp3) is 1.00. The lowest BCUT2D eigenvalue weighted by Gasteiger charge is -2.46. The highest BCUT2D eigenvalue weighted by molar-refractivity contribution is 5.03. The van der Waals surface area contributed by atoms with E-state index < -0.39 is 0 Å². The highest BCUT2D eigenvalue weighted by Gasteiger charge is 2.50. The number of nitrogens with zero attached hydrogens (tertiary/aromatic N) is 2. The Morgan fingerprint density at radius 1 is 0.955 bits per heavy atom. The number of fused-ring (bicyclic) bond motifs is 3. The summed E-state index contributed by atoms with van der Waals surface area (Å²) < 4.78 is 0. The molecule has 2 bridgehead atoms. The van der Waals surface area contributed by atoms with Gasteiger partial charge in [-0.2, -0.15) is 0 Å². The minimum absolute atomic E-state index is 0.565. The van der Waals surface area contributed by atoms with Crippen LogP contribution >= 0.6 is 0 Å². The van der Waals surface area contributed by atoms with Crippen LogP contribution in [0.3, 0.4) is 0 Å². The molecule has 0 N–H and O–H groups in total. The Morgan fingerprint density at radius 2 is 1.77 bits per heavy atom. The summed E-state index contributed by atoms with van der Waals surface area (Å²) in [6, 6.07) is 1.80. The smallest absolute Gasteiger partial charge is 0.0136 e. The van der Waals surface area contributed by atoms with Crippen molar-refractivity contribution >= 4 is 0 Å². The van der Waals surface area contributed by atoms with Crippen molar-refractivity contribution in [3.63, 3.8) is 0 Å². The van der Waals surface area contributed by atoms with Crippen molar-refractivity contribution in [2.24, 2.45) is 16.7 Å². The number of hydrogen-bond acceptors (Lipinski definition) is 2. The molecule has 3 heterocycles. The summed E-state index contributed by atoms with van der Waals surface area (Å²) in [6.45, 7) is 13.1. The van der Waals surface area contributed by atoms with Crippen LogP contribution in [0.5, 0.6) is 0 Å². The van der Waals surface area contributed by atoms with Crippen LogP contribution in [0.2, 0.25) is 0 Å². The third kappa shape index (κ3) is 2.86. The first-order valence-electron chi connectivity index (χ1n) is 9.92. The monoisotopic (exact) mass is 304 g/mol. The molecule has 1 saturated carbocycles. The fourth-order valence-electron chi connectivity index (χ4n) is 6.88. The molecular formula is C20H36N2. The minimum atomic E-state index is 0.565. The predicted octanol–water partition coefficient (Wildman–Crippen LogP) is 4.15. The Hall–Kier alpha value is -0.0800. The quantitative estimate of drug-likeness (QED) is 0.756. The molecule has 4 aliphatic rings. The third-order valence-electron chi connectivity index (χ3n) is 7.22. The SMILES string of the molecule is CC1(C)CC2CC(C)(CN2CC2CCCN3CCCCC23)C1. The topological polar surface area (TPSA) is 6.48 Å². The molecule has 1 aliphatic carbocycles. The summed E-state index contributed by atoms with van der Waals surface area (Å²) in [5.74, 6) is 0.958. The highest BCUT2D eigenvalue weighted by atomic mass is 15.2. The maximum atomic E-state index is 2.93. The fourth-order valence-corrected chi connectivity index (χ4v) is 6.88. The van der Waals surface area contributed by atoms with Crippen LogP contribution < -0.4 is 0 Å². The van der Waals surface area contributed by atoms with Gasteiger partial charge in [0.1, 0.15) is 0 Å². The van der Waals surface area contributed by atoms with Crippen molar-refractivity contribution < 1.29 is 0 Å². The molecule has 0 aromatic rings. The van der Waals surface area contributed by atoms with Crippen LogP contribution in [0.15, 0.2) is 0 Å². The van der Waals surface area contributed by atoms with E-state index in [0.717, 1.165) is 18.0 Å². The van der Waals surface area contributed by atoms with Crippen molar-refractivity contribution in [3.8, 4) is 0 Å². The van der Waals surface area contributed by atoms with E-state index in [-0.39, 0.29) is 0 Å². The van der Waals surface area contributed by atoms with Crippen LogP contribution in [0.4, 0.5) is 0 Å². The predicted molar refractivity (Wildman–Crippen MR) is 93.0 cm³/mol. The second-order valence-corrected chi connectivity index (χ2v) is 10.1. The molecule has 4 atom stereocenters. The minimum Gasteiger partial charge on any atom is -0.300 e. The Morgan fingerprint density at radius 3 is 2.64 bits per heavy atom. The van der Waals surface area contributed by atoms with Gasteiger partial charge in [0.2, 0.25) is 0 Å². The maximum Gasteiger partial charge on any atom is 0.0136 e. The summed E-state index contributed by atoms with van der Waals surface area (Å²) in [5.41, 5.74) is 1.17. The number of hydrogen-bond donors (Lipinski definition) is 0. The summed E-state index contributed by atoms with van der Waals surface area (Å²) in [4.78, 5) is 5.77. The van der Waals surface area contributed by atoms with E-state index in [1.54, 1.807) is 0 Å². The van der Waals surface area contributed by atoms with Gasteiger partial charge in [0.05, 0.1) is 0 Å². The normalized spacial score (nSPS) is 45.7. The van der Waals surface area contributed by atoms with Gasteiger partial charge in [-0.1, -0.05) is 27.2 Å². The molecule has 4 rings (SSSR count). The van der Waals surface area contributed by atoms with E-state index in [1.807, 2.05) is 0 Å². The molecule has 22 heavy (non-hydrogen) atoms. The van der Waals surface area contributed by atoms with Crippen LogP contribution in [0, 0.1) is 16.7 Å². The van der Waals surface area contributed by atoms with E-state index in [9.17, 15) is 0 Å². The zero-order valence-electron chi connectivity index (χ0n) is 15.1. The zero-order valence-corrected chi connectivity index (χ0v) is 15.1. The number of likely N-dealkylation sites (tertiary alicyclic amines) is 1. The van der Waals surface area contributed by atoms with Gasteiger partial charge < -0.3 is 4.90 Å².